The monoisotopic (exact) mass is 363 g/mol. The number of ether oxygens (including phenoxy) is 1. The van der Waals surface area contributed by atoms with Gasteiger partial charge >= 0.3 is 5.97 Å². The van der Waals surface area contributed by atoms with Crippen molar-refractivity contribution in [1.29, 1.82) is 0 Å². The number of esters is 1. The van der Waals surface area contributed by atoms with Gasteiger partial charge in [0.05, 0.1) is 6.61 Å². The van der Waals surface area contributed by atoms with Crippen molar-refractivity contribution in [1.82, 2.24) is 0 Å². The van der Waals surface area contributed by atoms with E-state index < -0.39 is 0 Å². The van der Waals surface area contributed by atoms with E-state index >= 15 is 0 Å². The van der Waals surface area contributed by atoms with E-state index in [0.717, 1.165) is 19.4 Å². The molecule has 1 saturated carbocycles. The van der Waals surface area contributed by atoms with Gasteiger partial charge in [-0.05, 0) is 45.4 Å². The van der Waals surface area contributed by atoms with Crippen molar-refractivity contribution in [3.05, 3.63) is 12.2 Å². The fourth-order valence-electron chi connectivity index (χ4n) is 3.45. The molecule has 1 aliphatic carbocycles. The Balaban J connectivity index is 1.79. The lowest BCUT2D eigenvalue weighted by molar-refractivity contribution is -0.139. The third-order valence-corrected chi connectivity index (χ3v) is 5.15. The van der Waals surface area contributed by atoms with Crippen molar-refractivity contribution in [2.45, 2.75) is 110 Å². The van der Waals surface area contributed by atoms with Gasteiger partial charge in [-0.2, -0.15) is 0 Å². The van der Waals surface area contributed by atoms with Crippen LogP contribution in [-0.2, 0) is 9.53 Å². The lowest BCUT2D eigenvalue weighted by Gasteiger charge is -2.05. The number of rotatable bonds is 14. The van der Waals surface area contributed by atoms with Crippen LogP contribution < -0.4 is 0 Å². The van der Waals surface area contributed by atoms with Crippen LogP contribution in [0, 0.1) is 0 Å². The average Bonchev–Trinajstić information content (AvgIpc) is 2.90. The van der Waals surface area contributed by atoms with E-state index in [0.29, 0.717) is 12.2 Å². The zero-order valence-electron chi connectivity index (χ0n) is 17.2. The number of carbonyl (C=O) groups is 1. The SMILES string of the molecule is C=C(C)C(=O)OCCCCCCCCCCCCN=C1CCCCCC1. The quantitative estimate of drug-likeness (QED) is 0.147. The Labute approximate surface area is 161 Å². The highest BCUT2D eigenvalue weighted by Gasteiger charge is 2.04. The largest absolute Gasteiger partial charge is 0.462 e. The fraction of sp³-hybridized carbons (Fsp3) is 0.826. The number of hydrogen-bond donors (Lipinski definition) is 0. The van der Waals surface area contributed by atoms with Gasteiger partial charge in [-0.1, -0.05) is 70.8 Å². The minimum absolute atomic E-state index is 0.259. The van der Waals surface area contributed by atoms with E-state index in [9.17, 15) is 4.79 Å². The van der Waals surface area contributed by atoms with Crippen molar-refractivity contribution in [2.75, 3.05) is 13.2 Å². The van der Waals surface area contributed by atoms with Crippen LogP contribution >= 0.6 is 0 Å². The second-order valence-corrected chi connectivity index (χ2v) is 7.81. The van der Waals surface area contributed by atoms with E-state index in [2.05, 4.69) is 6.58 Å². The van der Waals surface area contributed by atoms with Gasteiger partial charge in [0.15, 0.2) is 0 Å². The number of carbonyl (C=O) groups excluding carboxylic acids is 1. The molecule has 0 radical (unpaired) electrons. The molecule has 0 atom stereocenters. The Hall–Kier alpha value is -1.12. The lowest BCUT2D eigenvalue weighted by Crippen LogP contribution is -2.05. The molecule has 1 aliphatic rings. The first-order valence-corrected chi connectivity index (χ1v) is 11.0. The van der Waals surface area contributed by atoms with Crippen LogP contribution in [0.5, 0.6) is 0 Å². The summed E-state index contributed by atoms with van der Waals surface area (Å²) in [6.45, 7) is 6.87. The highest BCUT2D eigenvalue weighted by molar-refractivity contribution is 5.86. The first kappa shape index (κ1) is 22.9. The molecule has 0 saturated heterocycles. The minimum Gasteiger partial charge on any atom is -0.462 e. The summed E-state index contributed by atoms with van der Waals surface area (Å²) in [5, 5.41) is 0. The summed E-state index contributed by atoms with van der Waals surface area (Å²) in [7, 11) is 0. The van der Waals surface area contributed by atoms with Crippen LogP contribution in [0.25, 0.3) is 0 Å². The summed E-state index contributed by atoms with van der Waals surface area (Å²) in [6.07, 6.45) is 20.8. The summed E-state index contributed by atoms with van der Waals surface area (Å²) in [4.78, 5) is 16.0. The maximum absolute atomic E-state index is 11.2. The maximum Gasteiger partial charge on any atom is 0.333 e. The zero-order chi connectivity index (χ0) is 18.9. The first-order chi connectivity index (χ1) is 12.7. The molecule has 150 valence electrons. The number of hydrogen-bond acceptors (Lipinski definition) is 3. The Kier molecular flexibility index (Phi) is 14.2. The Morgan fingerprint density at radius 3 is 1.88 bits per heavy atom. The van der Waals surface area contributed by atoms with E-state index in [1.54, 1.807) is 6.92 Å². The van der Waals surface area contributed by atoms with Gasteiger partial charge in [0.1, 0.15) is 0 Å². The van der Waals surface area contributed by atoms with Crippen molar-refractivity contribution in [3.63, 3.8) is 0 Å². The average molecular weight is 364 g/mol. The molecule has 0 heterocycles. The normalized spacial score (nSPS) is 14.7. The van der Waals surface area contributed by atoms with Gasteiger partial charge in [-0.25, -0.2) is 4.79 Å². The maximum atomic E-state index is 11.2. The molecule has 1 rings (SSSR count). The summed E-state index contributed by atoms with van der Waals surface area (Å²) in [5.41, 5.74) is 1.98. The topological polar surface area (TPSA) is 38.7 Å². The molecule has 0 aromatic carbocycles. The number of unbranched alkanes of at least 4 members (excludes halogenated alkanes) is 9. The fourth-order valence-corrected chi connectivity index (χ4v) is 3.45. The highest BCUT2D eigenvalue weighted by Crippen LogP contribution is 2.15. The smallest absolute Gasteiger partial charge is 0.333 e. The molecule has 3 heteroatoms. The van der Waals surface area contributed by atoms with Crippen LogP contribution in [-0.4, -0.2) is 24.8 Å². The molecule has 0 unspecified atom stereocenters. The van der Waals surface area contributed by atoms with Crippen molar-refractivity contribution >= 4 is 11.7 Å². The van der Waals surface area contributed by atoms with Crippen molar-refractivity contribution in [2.24, 2.45) is 4.99 Å². The predicted octanol–water partition coefficient (Wildman–Crippen LogP) is 6.80. The summed E-state index contributed by atoms with van der Waals surface area (Å²) in [6, 6.07) is 0. The molecule has 0 aliphatic heterocycles. The van der Waals surface area contributed by atoms with Crippen molar-refractivity contribution in [3.8, 4) is 0 Å². The Morgan fingerprint density at radius 2 is 1.35 bits per heavy atom. The summed E-state index contributed by atoms with van der Waals surface area (Å²) in [5.74, 6) is -0.259. The van der Waals surface area contributed by atoms with Gasteiger partial charge in [0.2, 0.25) is 0 Å². The molecular formula is C23H41NO2. The number of nitrogens with zero attached hydrogens (tertiary/aromatic N) is 1. The summed E-state index contributed by atoms with van der Waals surface area (Å²) < 4.78 is 5.09. The van der Waals surface area contributed by atoms with E-state index in [4.69, 9.17) is 9.73 Å². The number of aliphatic imine (C=N–C) groups is 1. The molecule has 1 fully saturated rings. The van der Waals surface area contributed by atoms with Crippen LogP contribution in [0.15, 0.2) is 17.1 Å². The molecule has 3 nitrogen and oxygen atoms in total. The Morgan fingerprint density at radius 1 is 0.846 bits per heavy atom. The summed E-state index contributed by atoms with van der Waals surface area (Å²) >= 11 is 0. The second kappa shape index (κ2) is 16.1. The van der Waals surface area contributed by atoms with Gasteiger partial charge in [0, 0.05) is 17.8 Å². The van der Waals surface area contributed by atoms with E-state index in [-0.39, 0.29) is 5.97 Å². The molecule has 26 heavy (non-hydrogen) atoms. The second-order valence-electron chi connectivity index (χ2n) is 7.81. The van der Waals surface area contributed by atoms with E-state index in [1.807, 2.05) is 0 Å². The standard InChI is InChI=1S/C23H41NO2/c1-21(2)23(25)26-20-16-12-8-6-4-3-5-7-11-15-19-24-22-17-13-9-10-14-18-22/h1,3-20H2,2H3. The molecular weight excluding hydrogens is 322 g/mol. The van der Waals surface area contributed by atoms with Gasteiger partial charge in [-0.15, -0.1) is 0 Å². The molecule has 0 amide bonds. The van der Waals surface area contributed by atoms with Crippen LogP contribution in [0.1, 0.15) is 110 Å². The Bertz CT molecular complexity index is 404. The van der Waals surface area contributed by atoms with Crippen LogP contribution in [0.2, 0.25) is 0 Å². The predicted molar refractivity (Wildman–Crippen MR) is 112 cm³/mol. The van der Waals surface area contributed by atoms with Gasteiger partial charge < -0.3 is 4.74 Å². The minimum atomic E-state index is -0.259. The van der Waals surface area contributed by atoms with E-state index in [1.165, 1.54) is 95.6 Å². The van der Waals surface area contributed by atoms with Gasteiger partial charge in [-0.3, -0.25) is 4.99 Å². The molecule has 0 N–H and O–H groups in total. The van der Waals surface area contributed by atoms with Crippen LogP contribution in [0.4, 0.5) is 0 Å². The van der Waals surface area contributed by atoms with Crippen molar-refractivity contribution < 1.29 is 9.53 Å². The lowest BCUT2D eigenvalue weighted by atomic mass is 10.1. The van der Waals surface area contributed by atoms with Crippen LogP contribution in [0.3, 0.4) is 0 Å². The third kappa shape index (κ3) is 13.1. The molecule has 0 spiro atoms. The first-order valence-electron chi connectivity index (χ1n) is 11.0. The zero-order valence-corrected chi connectivity index (χ0v) is 17.2. The third-order valence-electron chi connectivity index (χ3n) is 5.15. The highest BCUT2D eigenvalue weighted by atomic mass is 16.5. The molecule has 0 bridgehead atoms. The molecule has 0 aromatic heterocycles. The molecule has 0 aromatic rings. The van der Waals surface area contributed by atoms with Gasteiger partial charge in [0.25, 0.3) is 0 Å².